The molecule has 16 N–H and O–H groups in total. The number of hydrogen-bond acceptors (Lipinski definition) is 12. The van der Waals surface area contributed by atoms with Gasteiger partial charge in [-0.3, -0.25) is 43.5 Å². The predicted molar refractivity (Wildman–Crippen MR) is 270 cm³/mol. The van der Waals surface area contributed by atoms with Crippen molar-refractivity contribution in [2.75, 3.05) is 27.2 Å². The number of guanidine groups is 2. The number of nitrogens with one attached hydrogen (secondary N) is 6. The van der Waals surface area contributed by atoms with Crippen LogP contribution in [0.3, 0.4) is 0 Å². The minimum absolute atomic E-state index is 0.00175. The first-order chi connectivity index (χ1) is 34.3. The number of likely N-dealkylation sites (N-methyl/N-ethyl adjacent to an activating group) is 1. The van der Waals surface area contributed by atoms with Crippen LogP contribution in [0.2, 0.25) is 0 Å². The lowest BCUT2D eigenvalue weighted by Gasteiger charge is -2.27. The monoisotopic (exact) mass is 1020 g/mol. The highest BCUT2D eigenvalue weighted by Gasteiger charge is 2.34. The van der Waals surface area contributed by atoms with Gasteiger partial charge in [0.05, 0.1) is 24.5 Å². The molecule has 9 atom stereocenters. The van der Waals surface area contributed by atoms with Crippen LogP contribution in [0.15, 0.2) is 76.4 Å². The van der Waals surface area contributed by atoms with Crippen LogP contribution >= 0.6 is 0 Å². The second-order valence-electron chi connectivity index (χ2n) is 17.6. The highest BCUT2D eigenvalue weighted by Crippen LogP contribution is 2.18. The van der Waals surface area contributed by atoms with E-state index in [2.05, 4.69) is 48.5 Å². The van der Waals surface area contributed by atoms with Gasteiger partial charge >= 0.3 is 11.9 Å². The first kappa shape index (κ1) is 61.3. The van der Waals surface area contributed by atoms with E-state index in [4.69, 9.17) is 27.7 Å². The maximum absolute atomic E-state index is 14.3. The molecule has 25 heteroatoms. The molecule has 1 aliphatic heterocycles. The molecule has 25 nitrogen and oxygen atoms in total. The lowest BCUT2D eigenvalue weighted by atomic mass is 9.94. The Morgan fingerprint density at radius 3 is 1.90 bits per heavy atom. The van der Waals surface area contributed by atoms with Crippen molar-refractivity contribution in [3.63, 3.8) is 0 Å². The molecule has 402 valence electrons. The van der Waals surface area contributed by atoms with Crippen molar-refractivity contribution in [3.05, 3.63) is 72.0 Å². The van der Waals surface area contributed by atoms with Crippen LogP contribution in [0.1, 0.15) is 78.2 Å². The largest absolute Gasteiger partial charge is 0.480 e. The summed E-state index contributed by atoms with van der Waals surface area (Å²) in [5.74, 6) is -11.5. The molecule has 1 aliphatic rings. The Hall–Kier alpha value is -7.83. The fraction of sp³-hybridized carbons (Fsp3) is 0.521. The highest BCUT2D eigenvalue weighted by atomic mass is 16.5. The zero-order chi connectivity index (χ0) is 54.9. The Bertz CT molecular complexity index is 2250. The SMILES string of the molecule is C=C1C(=O)N[C@H](C)C(=O)N[C@@H](CCCN=C(N)N)C(=O)NC(C(=O)O)CC(=O)NC(CCCN=C(N)N)C(=O)NC(/C=C/C(C)=C/[C@H](C)[C@H](Cc2ccccc2)OC)[C@H](C)C(=O)N[C@@H](C(=O)O)CCC(=O)N1C. The number of carbonyl (C=O) groups is 9. The molecule has 3 unspecified atom stereocenters. The number of aliphatic imine (C=N–C) groups is 2. The Balaban J connectivity index is 2.70. The number of carboxylic acid groups (broad SMARTS) is 2. The molecule has 1 heterocycles. The molecule has 1 aromatic rings. The third kappa shape index (κ3) is 22.0. The molecule has 73 heavy (non-hydrogen) atoms. The van der Waals surface area contributed by atoms with Gasteiger partial charge in [-0.1, -0.05) is 74.6 Å². The van der Waals surface area contributed by atoms with E-state index in [9.17, 15) is 53.4 Å². The number of carboxylic acids is 2. The van der Waals surface area contributed by atoms with Gasteiger partial charge in [-0.05, 0) is 57.9 Å². The molecule has 0 spiro atoms. The maximum Gasteiger partial charge on any atom is 0.326 e. The quantitative estimate of drug-likeness (QED) is 0.0274. The normalized spacial score (nSPS) is 23.7. The van der Waals surface area contributed by atoms with Crippen LogP contribution in [-0.2, 0) is 54.3 Å². The summed E-state index contributed by atoms with van der Waals surface area (Å²) >= 11 is 0. The van der Waals surface area contributed by atoms with E-state index in [0.29, 0.717) is 12.0 Å². The number of nitrogens with zero attached hydrogens (tertiary/aromatic N) is 3. The first-order valence-electron chi connectivity index (χ1n) is 23.6. The molecule has 0 bridgehead atoms. The van der Waals surface area contributed by atoms with Crippen molar-refractivity contribution in [1.82, 2.24) is 36.8 Å². The Morgan fingerprint density at radius 1 is 0.808 bits per heavy atom. The number of ether oxygens (including phenoxy) is 1. The van der Waals surface area contributed by atoms with Gasteiger partial charge in [0.2, 0.25) is 35.4 Å². The van der Waals surface area contributed by atoms with Crippen LogP contribution in [0.5, 0.6) is 0 Å². The van der Waals surface area contributed by atoms with Crippen molar-refractivity contribution in [3.8, 4) is 0 Å². The van der Waals surface area contributed by atoms with E-state index in [0.717, 1.165) is 10.5 Å². The zero-order valence-electron chi connectivity index (χ0n) is 42.2. The van der Waals surface area contributed by atoms with Gasteiger partial charge in [-0.15, -0.1) is 0 Å². The molecular formula is C48H73N13O12. The van der Waals surface area contributed by atoms with Crippen molar-refractivity contribution in [1.29, 1.82) is 0 Å². The summed E-state index contributed by atoms with van der Waals surface area (Å²) in [6, 6.07) is 0.707. The van der Waals surface area contributed by atoms with E-state index >= 15 is 0 Å². The van der Waals surface area contributed by atoms with E-state index < -0.39 is 120 Å². The smallest absolute Gasteiger partial charge is 0.326 e. The lowest BCUT2D eigenvalue weighted by Crippen LogP contribution is -2.56. The third-order valence-corrected chi connectivity index (χ3v) is 11.7. The Morgan fingerprint density at radius 2 is 1.36 bits per heavy atom. The number of allylic oxidation sites excluding steroid dienone is 2. The summed E-state index contributed by atoms with van der Waals surface area (Å²) in [7, 11) is 2.79. The molecule has 1 fully saturated rings. The highest BCUT2D eigenvalue weighted by molar-refractivity contribution is 6.00. The Labute approximate surface area is 424 Å². The number of methoxy groups -OCH3 is 1. The molecule has 1 aromatic carbocycles. The number of rotatable bonds is 17. The van der Waals surface area contributed by atoms with E-state index in [-0.39, 0.29) is 62.7 Å². The molecule has 0 aromatic heterocycles. The molecule has 7 amide bonds. The van der Waals surface area contributed by atoms with Crippen molar-refractivity contribution >= 4 is 65.2 Å². The average Bonchev–Trinajstić information content (AvgIpc) is 3.33. The molecule has 0 aliphatic carbocycles. The first-order valence-corrected chi connectivity index (χ1v) is 23.6. The van der Waals surface area contributed by atoms with Crippen LogP contribution in [0.25, 0.3) is 0 Å². The number of nitrogens with two attached hydrogens (primary N) is 4. The molecule has 0 saturated carbocycles. The number of aliphatic carboxylic acids is 2. The molecular weight excluding hydrogens is 951 g/mol. The topological polar surface area (TPSA) is 408 Å². The maximum atomic E-state index is 14.3. The van der Waals surface area contributed by atoms with Gasteiger partial charge in [0.15, 0.2) is 11.9 Å². The minimum atomic E-state index is -1.91. The van der Waals surface area contributed by atoms with Gasteiger partial charge in [0, 0.05) is 39.6 Å². The predicted octanol–water partition coefficient (Wildman–Crippen LogP) is -1.62. The fourth-order valence-corrected chi connectivity index (χ4v) is 7.33. The van der Waals surface area contributed by atoms with Gasteiger partial charge in [0.1, 0.15) is 35.9 Å². The summed E-state index contributed by atoms with van der Waals surface area (Å²) in [5.41, 5.74) is 23.1. The summed E-state index contributed by atoms with van der Waals surface area (Å²) in [6.45, 7) is 10.1. The Kier molecular flexibility index (Phi) is 25.9. The molecule has 1 saturated heterocycles. The van der Waals surface area contributed by atoms with E-state index in [1.165, 1.54) is 27.0 Å². The lowest BCUT2D eigenvalue weighted by molar-refractivity contribution is -0.144. The fourth-order valence-electron chi connectivity index (χ4n) is 7.33. The van der Waals surface area contributed by atoms with Crippen LogP contribution in [-0.4, -0.2) is 150 Å². The van der Waals surface area contributed by atoms with Gasteiger partial charge < -0.3 is 74.7 Å². The number of benzene rings is 1. The summed E-state index contributed by atoms with van der Waals surface area (Å²) in [5, 5.41) is 35.1. The molecule has 2 rings (SSSR count). The molecule has 0 radical (unpaired) electrons. The summed E-state index contributed by atoms with van der Waals surface area (Å²) in [4.78, 5) is 129. The average molecular weight is 1020 g/mol. The van der Waals surface area contributed by atoms with Crippen LogP contribution in [0, 0.1) is 11.8 Å². The third-order valence-electron chi connectivity index (χ3n) is 11.7. The number of carbonyl (C=O) groups excluding carboxylic acids is 7. The van der Waals surface area contributed by atoms with E-state index in [1.54, 1.807) is 20.1 Å². The van der Waals surface area contributed by atoms with Crippen LogP contribution < -0.4 is 54.8 Å². The minimum Gasteiger partial charge on any atom is -0.480 e. The zero-order valence-corrected chi connectivity index (χ0v) is 42.2. The van der Waals surface area contributed by atoms with Crippen molar-refractivity contribution < 1.29 is 58.1 Å². The summed E-state index contributed by atoms with van der Waals surface area (Å²) < 4.78 is 5.81. The van der Waals surface area contributed by atoms with Gasteiger partial charge in [-0.2, -0.15) is 0 Å². The second kappa shape index (κ2) is 30.8. The van der Waals surface area contributed by atoms with Crippen LogP contribution in [0.4, 0.5) is 0 Å². The van der Waals surface area contributed by atoms with Gasteiger partial charge in [0.25, 0.3) is 5.91 Å². The standard InChI is InChI=1S/C48H73N13O12/c1-26(23-27(2)37(73-7)24-31-13-9-8-10-14-31)17-18-32-28(3)40(64)59-35(45(69)70)19-20-39(63)61(6)30(5)42(66)55-29(4)41(65)58-34(16-12-22-54-48(51)52)44(68)60-36(46(71)72)25-38(62)56-33(43(67)57-32)15-11-21-53-47(49)50/h8-10,13-14,17-18,23,27-29,32-37H,5,11-12,15-16,19-22,24-25H2,1-4,6-7H3,(H,55,66)(H,56,62)(H,57,67)(H,58,65)(H,59,64)(H,60,68)(H,69,70)(H,71,72)(H4,49,50,53)(H4,51,52,54)/b18-17+,26-23+/t27-,28-,29+,32?,33?,34-,35+,36?,37-/m0/s1. The number of amides is 7. The van der Waals surface area contributed by atoms with Crippen molar-refractivity contribution in [2.24, 2.45) is 44.8 Å². The number of hydrogen-bond donors (Lipinski definition) is 12. The van der Waals surface area contributed by atoms with E-state index in [1.807, 2.05) is 43.3 Å². The van der Waals surface area contributed by atoms with Crippen molar-refractivity contribution in [2.45, 2.75) is 121 Å². The second-order valence-corrected chi connectivity index (χ2v) is 17.6. The van der Waals surface area contributed by atoms with Gasteiger partial charge in [-0.25, -0.2) is 9.59 Å². The summed E-state index contributed by atoms with van der Waals surface area (Å²) in [6.07, 6.45) is 3.51.